The fourth-order valence-corrected chi connectivity index (χ4v) is 3.52. The van der Waals surface area contributed by atoms with E-state index in [2.05, 4.69) is 0 Å². The van der Waals surface area contributed by atoms with E-state index in [1.807, 2.05) is 19.9 Å². The third-order valence-electron chi connectivity index (χ3n) is 3.89. The van der Waals surface area contributed by atoms with E-state index in [0.29, 0.717) is 34.1 Å². The van der Waals surface area contributed by atoms with Crippen LogP contribution in [0.2, 0.25) is 0 Å². The van der Waals surface area contributed by atoms with Crippen molar-refractivity contribution < 1.29 is 14.3 Å². The molecule has 0 radical (unpaired) electrons. The van der Waals surface area contributed by atoms with Gasteiger partial charge in [0.2, 0.25) is 0 Å². The molecule has 0 bridgehead atoms. The first-order chi connectivity index (χ1) is 11.0. The number of aryl methyl sites for hydroxylation is 1. The van der Waals surface area contributed by atoms with Crippen LogP contribution in [-0.2, 0) is 11.2 Å². The fourth-order valence-electron chi connectivity index (χ4n) is 2.66. The number of nitrogen functional groups attached to an aromatic ring is 1. The Morgan fingerprint density at radius 2 is 2.13 bits per heavy atom. The van der Waals surface area contributed by atoms with Crippen molar-refractivity contribution in [3.8, 4) is 5.75 Å². The Bertz CT molecular complexity index is 782. The summed E-state index contributed by atoms with van der Waals surface area (Å²) in [5, 5.41) is 0.532. The number of thiophene rings is 1. The van der Waals surface area contributed by atoms with Crippen molar-refractivity contribution in [3.05, 3.63) is 40.3 Å². The normalized spacial score (nSPS) is 13.7. The predicted molar refractivity (Wildman–Crippen MR) is 91.5 cm³/mol. The Morgan fingerprint density at radius 3 is 2.78 bits per heavy atom. The molecule has 120 valence electrons. The van der Waals surface area contributed by atoms with Gasteiger partial charge < -0.3 is 15.4 Å². The lowest BCUT2D eigenvalue weighted by Gasteiger charge is -2.28. The van der Waals surface area contributed by atoms with Crippen LogP contribution in [0.5, 0.6) is 5.75 Å². The molecule has 2 aromatic rings. The minimum atomic E-state index is -0.129. The summed E-state index contributed by atoms with van der Waals surface area (Å²) < 4.78 is 5.43. The monoisotopic (exact) mass is 330 g/mol. The first kappa shape index (κ1) is 15.6. The highest BCUT2D eigenvalue weighted by molar-refractivity contribution is 7.16. The number of carbonyl (C=O) groups excluding carboxylic acids is 2. The lowest BCUT2D eigenvalue weighted by atomic mass is 10.0. The summed E-state index contributed by atoms with van der Waals surface area (Å²) in [6, 6.07) is 7.01. The van der Waals surface area contributed by atoms with Crippen molar-refractivity contribution in [3.63, 3.8) is 0 Å². The van der Waals surface area contributed by atoms with Crippen LogP contribution in [-0.4, -0.2) is 24.8 Å². The molecule has 6 heteroatoms. The minimum absolute atomic E-state index is 0.0332. The molecule has 5 nitrogen and oxygen atoms in total. The number of nitrogens with zero attached hydrogens (tertiary/aromatic N) is 1. The zero-order valence-electron chi connectivity index (χ0n) is 13.1. The van der Waals surface area contributed by atoms with Gasteiger partial charge in [0, 0.05) is 17.0 Å². The van der Waals surface area contributed by atoms with Crippen LogP contribution in [0, 0.1) is 0 Å². The van der Waals surface area contributed by atoms with Crippen LogP contribution in [0.3, 0.4) is 0 Å². The third kappa shape index (κ3) is 2.70. The number of hydrogen-bond donors (Lipinski definition) is 1. The highest BCUT2D eigenvalue weighted by Crippen LogP contribution is 2.34. The molecule has 0 unspecified atom stereocenters. The largest absolute Gasteiger partial charge is 0.482 e. The predicted octanol–water partition coefficient (Wildman–Crippen LogP) is 2.87. The van der Waals surface area contributed by atoms with Crippen LogP contribution >= 0.6 is 11.3 Å². The second kappa shape index (κ2) is 6.04. The van der Waals surface area contributed by atoms with Crippen molar-refractivity contribution in [1.29, 1.82) is 0 Å². The van der Waals surface area contributed by atoms with Gasteiger partial charge in [-0.3, -0.25) is 9.59 Å². The van der Waals surface area contributed by atoms with Gasteiger partial charge in [-0.15, -0.1) is 11.3 Å². The van der Waals surface area contributed by atoms with Crippen LogP contribution in [0.15, 0.2) is 24.3 Å². The maximum atomic E-state index is 12.7. The smallest absolute Gasteiger partial charge is 0.265 e. The summed E-state index contributed by atoms with van der Waals surface area (Å²) in [5.41, 5.74) is 7.65. The molecule has 0 fully saturated rings. The molecule has 23 heavy (non-hydrogen) atoms. The molecule has 0 atom stereocenters. The molecule has 0 saturated heterocycles. The Morgan fingerprint density at radius 1 is 1.35 bits per heavy atom. The number of ketones is 1. The first-order valence-corrected chi connectivity index (χ1v) is 8.36. The molecular formula is C17H18N2O3S. The topological polar surface area (TPSA) is 72.6 Å². The van der Waals surface area contributed by atoms with E-state index in [1.165, 1.54) is 11.3 Å². The summed E-state index contributed by atoms with van der Waals surface area (Å²) in [6.07, 6.45) is 0.846. The van der Waals surface area contributed by atoms with Gasteiger partial charge in [-0.1, -0.05) is 6.92 Å². The Kier molecular flexibility index (Phi) is 4.09. The minimum Gasteiger partial charge on any atom is -0.482 e. The van der Waals surface area contributed by atoms with E-state index in [0.717, 1.165) is 11.3 Å². The van der Waals surface area contributed by atoms with E-state index in [9.17, 15) is 9.59 Å². The number of nitrogens with two attached hydrogens (primary N) is 1. The standard InChI is InChI=1S/C17H18N2O3S/c1-3-11-8-12(17(18)23-11)16(21)10-5-6-14-13(7-10)19(4-2)15(20)9-22-14/h5-8H,3-4,9,18H2,1-2H3. The highest BCUT2D eigenvalue weighted by atomic mass is 32.1. The van der Waals surface area contributed by atoms with E-state index in [4.69, 9.17) is 10.5 Å². The molecule has 1 aliphatic heterocycles. The van der Waals surface area contributed by atoms with E-state index in [1.54, 1.807) is 23.1 Å². The van der Waals surface area contributed by atoms with Crippen LogP contribution in [0.1, 0.15) is 34.6 Å². The van der Waals surface area contributed by atoms with Gasteiger partial charge in [0.15, 0.2) is 12.4 Å². The zero-order valence-corrected chi connectivity index (χ0v) is 13.9. The molecule has 0 aliphatic carbocycles. The first-order valence-electron chi connectivity index (χ1n) is 7.55. The summed E-state index contributed by atoms with van der Waals surface area (Å²) in [5.74, 6) is 0.388. The van der Waals surface area contributed by atoms with Crippen molar-refractivity contribution in [2.75, 3.05) is 23.8 Å². The molecule has 1 aromatic carbocycles. The van der Waals surface area contributed by atoms with Crippen molar-refractivity contribution in [2.24, 2.45) is 0 Å². The number of likely N-dealkylation sites (N-methyl/N-ethyl adjacent to an activating group) is 1. The summed E-state index contributed by atoms with van der Waals surface area (Å²) in [7, 11) is 0. The maximum Gasteiger partial charge on any atom is 0.265 e. The zero-order chi connectivity index (χ0) is 16.6. The Labute approximate surface area is 138 Å². The number of carbonyl (C=O) groups is 2. The second-order valence-electron chi connectivity index (χ2n) is 5.28. The van der Waals surface area contributed by atoms with Crippen LogP contribution in [0.25, 0.3) is 0 Å². The Balaban J connectivity index is 2.01. The number of anilines is 2. The van der Waals surface area contributed by atoms with Crippen molar-refractivity contribution >= 4 is 33.7 Å². The number of amides is 1. The quantitative estimate of drug-likeness (QED) is 0.875. The molecule has 2 N–H and O–H groups in total. The summed E-state index contributed by atoms with van der Waals surface area (Å²) >= 11 is 1.44. The molecule has 1 amide bonds. The van der Waals surface area contributed by atoms with Gasteiger partial charge in [-0.2, -0.15) is 0 Å². The van der Waals surface area contributed by atoms with Gasteiger partial charge in [0.05, 0.1) is 16.3 Å². The highest BCUT2D eigenvalue weighted by Gasteiger charge is 2.26. The fraction of sp³-hybridized carbons (Fsp3) is 0.294. The van der Waals surface area contributed by atoms with Gasteiger partial charge in [-0.25, -0.2) is 0 Å². The molecular weight excluding hydrogens is 312 g/mol. The van der Waals surface area contributed by atoms with Gasteiger partial charge in [0.25, 0.3) is 5.91 Å². The van der Waals surface area contributed by atoms with Crippen molar-refractivity contribution in [1.82, 2.24) is 0 Å². The number of hydrogen-bond acceptors (Lipinski definition) is 5. The van der Waals surface area contributed by atoms with Crippen molar-refractivity contribution in [2.45, 2.75) is 20.3 Å². The number of fused-ring (bicyclic) bond motifs is 1. The molecule has 3 rings (SSSR count). The second-order valence-corrected chi connectivity index (χ2v) is 6.45. The van der Waals surface area contributed by atoms with E-state index in [-0.39, 0.29) is 18.3 Å². The summed E-state index contributed by atoms with van der Waals surface area (Å²) in [6.45, 7) is 4.49. The maximum absolute atomic E-state index is 12.7. The van der Waals surface area contributed by atoms with Gasteiger partial charge in [-0.05, 0) is 37.6 Å². The molecule has 0 saturated carbocycles. The number of rotatable bonds is 4. The van der Waals surface area contributed by atoms with E-state index >= 15 is 0 Å². The Hall–Kier alpha value is -2.34. The van der Waals surface area contributed by atoms with E-state index < -0.39 is 0 Å². The SMILES string of the molecule is CCc1cc(C(=O)c2ccc3c(c2)N(CC)C(=O)CO3)c(N)s1. The number of ether oxygens (including phenoxy) is 1. The van der Waals surface area contributed by atoms with Crippen LogP contribution in [0.4, 0.5) is 10.7 Å². The average molecular weight is 330 g/mol. The summed E-state index contributed by atoms with van der Waals surface area (Å²) in [4.78, 5) is 27.4. The molecule has 1 aliphatic rings. The lowest BCUT2D eigenvalue weighted by Crippen LogP contribution is -2.38. The molecule has 2 heterocycles. The molecule has 0 spiro atoms. The third-order valence-corrected chi connectivity index (χ3v) is 4.99. The van der Waals surface area contributed by atoms with Gasteiger partial charge >= 0.3 is 0 Å². The lowest BCUT2D eigenvalue weighted by molar-refractivity contribution is -0.121. The van der Waals surface area contributed by atoms with Crippen LogP contribution < -0.4 is 15.4 Å². The number of benzene rings is 1. The van der Waals surface area contributed by atoms with Gasteiger partial charge in [0.1, 0.15) is 5.75 Å². The average Bonchev–Trinajstić information content (AvgIpc) is 2.94. The molecule has 1 aromatic heterocycles.